The molecule has 0 bridgehead atoms. The Kier molecular flexibility index (Phi) is 3.40. The van der Waals surface area contributed by atoms with Crippen LogP contribution in [0.4, 0.5) is 0 Å². The zero-order valence-corrected chi connectivity index (χ0v) is 6.19. The van der Waals surface area contributed by atoms with Crippen molar-refractivity contribution in [2.45, 2.75) is 18.9 Å². The Balaban J connectivity index is 1.98. The third-order valence-electron chi connectivity index (χ3n) is 1.38. The number of aliphatic hydroxyl groups is 1. The SMILES string of the molecule is OCCCC1CSCO1. The Hall–Kier alpha value is 0.270. The highest BCUT2D eigenvalue weighted by molar-refractivity contribution is 7.99. The van der Waals surface area contributed by atoms with Crippen molar-refractivity contribution < 1.29 is 9.84 Å². The normalized spacial score (nSPS) is 27.0. The number of ether oxygens (including phenoxy) is 1. The van der Waals surface area contributed by atoms with Gasteiger partial charge >= 0.3 is 0 Å². The summed E-state index contributed by atoms with van der Waals surface area (Å²) in [6.07, 6.45) is 2.32. The van der Waals surface area contributed by atoms with E-state index in [-0.39, 0.29) is 0 Å². The minimum Gasteiger partial charge on any atom is -0.396 e. The van der Waals surface area contributed by atoms with E-state index < -0.39 is 0 Å². The monoisotopic (exact) mass is 148 g/mol. The lowest BCUT2D eigenvalue weighted by atomic mass is 10.2. The predicted molar refractivity (Wildman–Crippen MR) is 38.5 cm³/mol. The van der Waals surface area contributed by atoms with Crippen molar-refractivity contribution in [2.24, 2.45) is 0 Å². The van der Waals surface area contributed by atoms with Crippen LogP contribution < -0.4 is 0 Å². The highest BCUT2D eigenvalue weighted by Crippen LogP contribution is 2.19. The molecule has 0 radical (unpaired) electrons. The van der Waals surface area contributed by atoms with E-state index in [9.17, 15) is 0 Å². The van der Waals surface area contributed by atoms with Crippen LogP contribution in [0, 0.1) is 0 Å². The highest BCUT2D eigenvalue weighted by atomic mass is 32.2. The van der Waals surface area contributed by atoms with Gasteiger partial charge in [-0.15, -0.1) is 11.8 Å². The van der Waals surface area contributed by atoms with Crippen molar-refractivity contribution in [3.63, 3.8) is 0 Å². The Morgan fingerprint density at radius 3 is 3.11 bits per heavy atom. The van der Waals surface area contributed by atoms with Gasteiger partial charge in [-0.25, -0.2) is 0 Å². The molecule has 0 aromatic rings. The van der Waals surface area contributed by atoms with Crippen LogP contribution in [0.1, 0.15) is 12.8 Å². The molecule has 1 heterocycles. The molecule has 0 spiro atoms. The molecule has 0 aromatic carbocycles. The van der Waals surface area contributed by atoms with Crippen LogP contribution in [0.5, 0.6) is 0 Å². The fourth-order valence-electron chi connectivity index (χ4n) is 0.858. The van der Waals surface area contributed by atoms with Crippen LogP contribution in [0.3, 0.4) is 0 Å². The molecule has 3 heteroatoms. The van der Waals surface area contributed by atoms with E-state index in [0.29, 0.717) is 12.7 Å². The molecule has 2 nitrogen and oxygen atoms in total. The van der Waals surface area contributed by atoms with E-state index in [0.717, 1.165) is 24.5 Å². The second-order valence-electron chi connectivity index (χ2n) is 2.14. The van der Waals surface area contributed by atoms with Crippen molar-refractivity contribution in [2.75, 3.05) is 18.3 Å². The van der Waals surface area contributed by atoms with Crippen molar-refractivity contribution in [1.82, 2.24) is 0 Å². The van der Waals surface area contributed by atoms with Gasteiger partial charge in [-0.1, -0.05) is 0 Å². The summed E-state index contributed by atoms with van der Waals surface area (Å²) in [5.41, 5.74) is 0. The fourth-order valence-corrected chi connectivity index (χ4v) is 1.77. The number of aliphatic hydroxyl groups excluding tert-OH is 1. The molecule has 1 fully saturated rings. The lowest BCUT2D eigenvalue weighted by molar-refractivity contribution is 0.109. The van der Waals surface area contributed by atoms with Crippen LogP contribution >= 0.6 is 11.8 Å². The summed E-state index contributed by atoms with van der Waals surface area (Å²) in [7, 11) is 0. The summed E-state index contributed by atoms with van der Waals surface area (Å²) in [5, 5.41) is 8.46. The molecule has 1 aliphatic rings. The first-order valence-corrected chi connectivity index (χ1v) is 4.39. The van der Waals surface area contributed by atoms with E-state index in [4.69, 9.17) is 9.84 Å². The first-order chi connectivity index (χ1) is 4.43. The second-order valence-corrected chi connectivity index (χ2v) is 3.12. The summed E-state index contributed by atoms with van der Waals surface area (Å²) in [6, 6.07) is 0. The summed E-state index contributed by atoms with van der Waals surface area (Å²) in [5.74, 6) is 1.95. The van der Waals surface area contributed by atoms with Gasteiger partial charge in [0.25, 0.3) is 0 Å². The molecule has 1 N–H and O–H groups in total. The Morgan fingerprint density at radius 1 is 1.67 bits per heavy atom. The van der Waals surface area contributed by atoms with Gasteiger partial charge in [0.1, 0.15) is 0 Å². The van der Waals surface area contributed by atoms with E-state index in [2.05, 4.69) is 0 Å². The number of hydrogen-bond donors (Lipinski definition) is 1. The van der Waals surface area contributed by atoms with Crippen molar-refractivity contribution in [1.29, 1.82) is 0 Å². The van der Waals surface area contributed by atoms with Crippen LogP contribution in [0.15, 0.2) is 0 Å². The fraction of sp³-hybridized carbons (Fsp3) is 1.00. The van der Waals surface area contributed by atoms with Gasteiger partial charge in [0.05, 0.1) is 12.0 Å². The molecule has 0 aliphatic carbocycles. The van der Waals surface area contributed by atoms with Crippen molar-refractivity contribution >= 4 is 11.8 Å². The minimum atomic E-state index is 0.296. The van der Waals surface area contributed by atoms with Crippen LogP contribution in [0.25, 0.3) is 0 Å². The average molecular weight is 148 g/mol. The van der Waals surface area contributed by atoms with Gasteiger partial charge in [-0.2, -0.15) is 0 Å². The summed E-state index contributed by atoms with van der Waals surface area (Å²) in [6.45, 7) is 0.296. The van der Waals surface area contributed by atoms with E-state index in [1.807, 2.05) is 11.8 Å². The molecule has 0 aromatic heterocycles. The number of thioether (sulfide) groups is 1. The smallest absolute Gasteiger partial charge is 0.0926 e. The van der Waals surface area contributed by atoms with Crippen molar-refractivity contribution in [3.8, 4) is 0 Å². The maximum atomic E-state index is 8.46. The second kappa shape index (κ2) is 4.14. The number of rotatable bonds is 3. The van der Waals surface area contributed by atoms with Gasteiger partial charge in [-0.05, 0) is 12.8 Å². The van der Waals surface area contributed by atoms with Crippen LogP contribution in [-0.4, -0.2) is 29.5 Å². The molecule has 1 atom stereocenters. The lowest BCUT2D eigenvalue weighted by Gasteiger charge is -2.04. The summed E-state index contributed by atoms with van der Waals surface area (Å²) >= 11 is 1.83. The Labute approximate surface area is 59.6 Å². The quantitative estimate of drug-likeness (QED) is 0.643. The van der Waals surface area contributed by atoms with Gasteiger partial charge in [0.2, 0.25) is 0 Å². The van der Waals surface area contributed by atoms with E-state index >= 15 is 0 Å². The third-order valence-corrected chi connectivity index (χ3v) is 2.29. The molecule has 1 rings (SSSR count). The van der Waals surface area contributed by atoms with Gasteiger partial charge in [0.15, 0.2) is 0 Å². The van der Waals surface area contributed by atoms with Crippen LogP contribution in [0.2, 0.25) is 0 Å². The molecule has 0 saturated carbocycles. The van der Waals surface area contributed by atoms with E-state index in [1.165, 1.54) is 0 Å². The molecule has 0 amide bonds. The zero-order valence-electron chi connectivity index (χ0n) is 5.38. The Bertz CT molecular complexity index is 71.5. The molecule has 1 aliphatic heterocycles. The summed E-state index contributed by atoms with van der Waals surface area (Å²) in [4.78, 5) is 0. The largest absolute Gasteiger partial charge is 0.396 e. The molecule has 54 valence electrons. The van der Waals surface area contributed by atoms with Gasteiger partial charge in [-0.3, -0.25) is 0 Å². The average Bonchev–Trinajstić information content (AvgIpc) is 2.34. The standard InChI is InChI=1S/C6H12O2S/c7-3-1-2-6-4-9-5-8-6/h6-7H,1-5H2. The first kappa shape index (κ1) is 7.38. The summed E-state index contributed by atoms with van der Waals surface area (Å²) < 4.78 is 5.31. The molecular weight excluding hydrogens is 136 g/mol. The third kappa shape index (κ3) is 2.56. The molecule has 9 heavy (non-hydrogen) atoms. The molecule has 1 unspecified atom stereocenters. The van der Waals surface area contributed by atoms with Crippen LogP contribution in [-0.2, 0) is 4.74 Å². The maximum absolute atomic E-state index is 8.46. The minimum absolute atomic E-state index is 0.296. The zero-order chi connectivity index (χ0) is 6.53. The number of hydrogen-bond acceptors (Lipinski definition) is 3. The van der Waals surface area contributed by atoms with E-state index in [1.54, 1.807) is 0 Å². The van der Waals surface area contributed by atoms with Crippen molar-refractivity contribution in [3.05, 3.63) is 0 Å². The molecular formula is C6H12O2S. The first-order valence-electron chi connectivity index (χ1n) is 3.23. The van der Waals surface area contributed by atoms with Gasteiger partial charge < -0.3 is 9.84 Å². The van der Waals surface area contributed by atoms with Gasteiger partial charge in [0, 0.05) is 12.4 Å². The molecule has 1 saturated heterocycles. The topological polar surface area (TPSA) is 29.5 Å². The highest BCUT2D eigenvalue weighted by Gasteiger charge is 2.14. The lowest BCUT2D eigenvalue weighted by Crippen LogP contribution is -2.08. The maximum Gasteiger partial charge on any atom is 0.0926 e. The predicted octanol–water partition coefficient (Wildman–Crippen LogP) is 0.848. The Morgan fingerprint density at radius 2 is 2.56 bits per heavy atom.